The first-order valence-corrected chi connectivity index (χ1v) is 9.56. The van der Waals surface area contributed by atoms with Crippen molar-refractivity contribution < 1.29 is 9.53 Å². The van der Waals surface area contributed by atoms with Crippen LogP contribution in [-0.2, 0) is 6.54 Å². The van der Waals surface area contributed by atoms with Gasteiger partial charge in [-0.25, -0.2) is 9.97 Å². The molecule has 4 aromatic rings. The number of fused-ring (bicyclic) bond motifs is 1. The number of amides is 1. The van der Waals surface area contributed by atoms with Crippen molar-refractivity contribution >= 4 is 16.9 Å². The summed E-state index contributed by atoms with van der Waals surface area (Å²) >= 11 is 0. The van der Waals surface area contributed by atoms with E-state index in [1.165, 1.54) is 0 Å². The molecular weight excluding hydrogens is 382 g/mol. The van der Waals surface area contributed by atoms with Crippen LogP contribution in [0.15, 0.2) is 66.0 Å². The maximum Gasteiger partial charge on any atom is 0.274 e. The quantitative estimate of drug-likeness (QED) is 0.462. The van der Waals surface area contributed by atoms with E-state index in [4.69, 9.17) is 4.74 Å². The topological polar surface area (TPSA) is 102 Å². The van der Waals surface area contributed by atoms with Crippen LogP contribution in [0.1, 0.15) is 16.8 Å². The molecule has 0 saturated carbocycles. The highest BCUT2D eigenvalue weighted by Gasteiger charge is 2.11. The van der Waals surface area contributed by atoms with Crippen molar-refractivity contribution in [3.8, 4) is 17.0 Å². The minimum Gasteiger partial charge on any atom is -0.497 e. The molecule has 0 atom stereocenters. The van der Waals surface area contributed by atoms with E-state index in [1.54, 1.807) is 62.1 Å². The largest absolute Gasteiger partial charge is 0.497 e. The number of methoxy groups -OCH3 is 1. The number of aromatic nitrogens is 4. The predicted molar refractivity (Wildman–Crippen MR) is 114 cm³/mol. The van der Waals surface area contributed by atoms with Gasteiger partial charge in [-0.15, -0.1) is 0 Å². The average molecular weight is 403 g/mol. The number of ether oxygens (including phenoxy) is 1. The Morgan fingerprint density at radius 3 is 2.93 bits per heavy atom. The Morgan fingerprint density at radius 2 is 2.13 bits per heavy atom. The highest BCUT2D eigenvalue weighted by molar-refractivity contribution is 5.97. The summed E-state index contributed by atoms with van der Waals surface area (Å²) in [6.45, 7) is 1.33. The van der Waals surface area contributed by atoms with Crippen LogP contribution >= 0.6 is 0 Å². The number of aryl methyl sites for hydroxylation is 1. The number of hydrogen-bond acceptors (Lipinski definition) is 5. The van der Waals surface area contributed by atoms with Gasteiger partial charge < -0.3 is 19.6 Å². The van der Waals surface area contributed by atoms with E-state index in [-0.39, 0.29) is 17.2 Å². The first-order chi connectivity index (χ1) is 14.6. The highest BCUT2D eigenvalue weighted by atomic mass is 16.5. The molecule has 0 aliphatic heterocycles. The lowest BCUT2D eigenvalue weighted by Crippen LogP contribution is -2.25. The van der Waals surface area contributed by atoms with Crippen molar-refractivity contribution in [3.05, 3.63) is 77.1 Å². The first-order valence-electron chi connectivity index (χ1n) is 9.56. The smallest absolute Gasteiger partial charge is 0.274 e. The van der Waals surface area contributed by atoms with Gasteiger partial charge in [-0.2, -0.15) is 0 Å². The van der Waals surface area contributed by atoms with Crippen LogP contribution in [0.4, 0.5) is 0 Å². The van der Waals surface area contributed by atoms with Crippen LogP contribution in [0, 0.1) is 0 Å². The number of hydrogen-bond donors (Lipinski definition) is 2. The zero-order valence-electron chi connectivity index (χ0n) is 16.5. The SMILES string of the molecule is COc1cccc(-c2nc3cc(C(=O)NCCCn4ccnc4)ccc3[nH]c2=O)c1. The number of imidazole rings is 1. The van der Waals surface area contributed by atoms with Crippen LogP contribution in [0.2, 0.25) is 0 Å². The van der Waals surface area contributed by atoms with E-state index in [0.29, 0.717) is 34.5 Å². The number of carbonyl (C=O) groups is 1. The molecular formula is C22H21N5O3. The van der Waals surface area contributed by atoms with Crippen LogP contribution in [-0.4, -0.2) is 39.1 Å². The Morgan fingerprint density at radius 1 is 1.23 bits per heavy atom. The molecule has 0 spiro atoms. The third-order valence-corrected chi connectivity index (χ3v) is 4.74. The van der Waals surface area contributed by atoms with Crippen molar-refractivity contribution in [3.63, 3.8) is 0 Å². The van der Waals surface area contributed by atoms with Crippen molar-refractivity contribution in [2.45, 2.75) is 13.0 Å². The second kappa shape index (κ2) is 8.60. The van der Waals surface area contributed by atoms with Gasteiger partial charge in [0.25, 0.3) is 11.5 Å². The summed E-state index contributed by atoms with van der Waals surface area (Å²) in [6, 6.07) is 12.2. The number of carbonyl (C=O) groups excluding carboxylic acids is 1. The molecule has 0 radical (unpaired) electrons. The molecule has 4 rings (SSSR count). The van der Waals surface area contributed by atoms with Gasteiger partial charge in [-0.3, -0.25) is 9.59 Å². The van der Waals surface area contributed by atoms with E-state index >= 15 is 0 Å². The molecule has 0 fully saturated rings. The second-order valence-electron chi connectivity index (χ2n) is 6.79. The minimum atomic E-state index is -0.299. The van der Waals surface area contributed by atoms with Crippen LogP contribution in [0.3, 0.4) is 0 Å². The molecule has 0 unspecified atom stereocenters. The fourth-order valence-corrected chi connectivity index (χ4v) is 3.17. The molecule has 152 valence electrons. The Balaban J connectivity index is 1.53. The van der Waals surface area contributed by atoms with Gasteiger partial charge in [0.1, 0.15) is 11.4 Å². The van der Waals surface area contributed by atoms with Crippen LogP contribution < -0.4 is 15.6 Å². The van der Waals surface area contributed by atoms with Crippen molar-refractivity contribution in [2.75, 3.05) is 13.7 Å². The molecule has 2 heterocycles. The number of nitrogens with one attached hydrogen (secondary N) is 2. The van der Waals surface area contributed by atoms with Crippen molar-refractivity contribution in [1.82, 2.24) is 24.8 Å². The third-order valence-electron chi connectivity index (χ3n) is 4.74. The normalized spacial score (nSPS) is 10.8. The fourth-order valence-electron chi connectivity index (χ4n) is 3.17. The molecule has 0 aliphatic carbocycles. The second-order valence-corrected chi connectivity index (χ2v) is 6.79. The van der Waals surface area contributed by atoms with Gasteiger partial charge in [-0.1, -0.05) is 12.1 Å². The molecule has 2 aromatic heterocycles. The lowest BCUT2D eigenvalue weighted by atomic mass is 10.1. The van der Waals surface area contributed by atoms with Gasteiger partial charge >= 0.3 is 0 Å². The van der Waals surface area contributed by atoms with E-state index < -0.39 is 0 Å². The molecule has 1 amide bonds. The predicted octanol–water partition coefficient (Wildman–Crippen LogP) is 2.62. The Kier molecular flexibility index (Phi) is 5.56. The van der Waals surface area contributed by atoms with Gasteiger partial charge in [0.05, 0.1) is 24.5 Å². The molecule has 0 saturated heterocycles. The first kappa shape index (κ1) is 19.4. The number of nitrogens with zero attached hydrogens (tertiary/aromatic N) is 3. The van der Waals surface area contributed by atoms with Crippen molar-refractivity contribution in [2.24, 2.45) is 0 Å². The van der Waals surface area contributed by atoms with Gasteiger partial charge in [-0.05, 0) is 36.8 Å². The zero-order chi connectivity index (χ0) is 20.9. The van der Waals surface area contributed by atoms with E-state index in [0.717, 1.165) is 13.0 Å². The summed E-state index contributed by atoms with van der Waals surface area (Å²) in [4.78, 5) is 36.3. The van der Waals surface area contributed by atoms with Gasteiger partial charge in [0.2, 0.25) is 0 Å². The molecule has 0 aliphatic rings. The number of aromatic amines is 1. The molecule has 2 aromatic carbocycles. The Hall–Kier alpha value is -3.94. The Bertz CT molecular complexity index is 1230. The van der Waals surface area contributed by atoms with Crippen LogP contribution in [0.5, 0.6) is 5.75 Å². The highest BCUT2D eigenvalue weighted by Crippen LogP contribution is 2.21. The van der Waals surface area contributed by atoms with Crippen LogP contribution in [0.25, 0.3) is 22.3 Å². The maximum atomic E-state index is 12.5. The summed E-state index contributed by atoms with van der Waals surface area (Å²) in [7, 11) is 1.57. The van der Waals surface area contributed by atoms with Crippen molar-refractivity contribution in [1.29, 1.82) is 0 Å². The monoisotopic (exact) mass is 403 g/mol. The number of benzene rings is 2. The summed E-state index contributed by atoms with van der Waals surface area (Å²) in [6.07, 6.45) is 6.15. The zero-order valence-corrected chi connectivity index (χ0v) is 16.5. The molecule has 0 bridgehead atoms. The lowest BCUT2D eigenvalue weighted by Gasteiger charge is -2.08. The molecule has 2 N–H and O–H groups in total. The standard InChI is InChI=1S/C22H21N5O3/c1-30-17-5-2-4-15(12-17)20-22(29)26-18-7-6-16(13-19(18)25-20)21(28)24-8-3-10-27-11-9-23-14-27/h2,4-7,9,11-14H,3,8,10H2,1H3,(H,24,28)(H,26,29). The molecule has 30 heavy (non-hydrogen) atoms. The maximum absolute atomic E-state index is 12.5. The van der Waals surface area contributed by atoms with E-state index in [1.807, 2.05) is 10.8 Å². The average Bonchev–Trinajstić information content (AvgIpc) is 3.29. The summed E-state index contributed by atoms with van der Waals surface area (Å²) in [5.74, 6) is 0.455. The summed E-state index contributed by atoms with van der Waals surface area (Å²) in [5, 5.41) is 2.91. The molecule has 8 heteroatoms. The third kappa shape index (κ3) is 4.22. The lowest BCUT2D eigenvalue weighted by molar-refractivity contribution is 0.0953. The van der Waals surface area contributed by atoms with E-state index in [9.17, 15) is 9.59 Å². The number of rotatable bonds is 7. The van der Waals surface area contributed by atoms with E-state index in [2.05, 4.69) is 20.3 Å². The van der Waals surface area contributed by atoms with Gasteiger partial charge in [0.15, 0.2) is 0 Å². The Labute approximate surface area is 172 Å². The minimum absolute atomic E-state index is 0.182. The summed E-state index contributed by atoms with van der Waals surface area (Å²) < 4.78 is 7.19. The summed E-state index contributed by atoms with van der Waals surface area (Å²) in [5.41, 5.74) is 2.22. The fraction of sp³-hybridized carbons (Fsp3) is 0.182. The number of H-pyrrole nitrogens is 1. The molecule has 8 nitrogen and oxygen atoms in total. The van der Waals surface area contributed by atoms with Gasteiger partial charge in [0, 0.05) is 36.6 Å².